The lowest BCUT2D eigenvalue weighted by molar-refractivity contribution is 0.368. The predicted molar refractivity (Wildman–Crippen MR) is 72.1 cm³/mol. The molecule has 0 amide bonds. The minimum atomic E-state index is 0.494. The fourth-order valence-corrected chi connectivity index (χ4v) is 2.86. The highest BCUT2D eigenvalue weighted by Crippen LogP contribution is 2.38. The summed E-state index contributed by atoms with van der Waals surface area (Å²) in [7, 11) is 0. The molecule has 4 nitrogen and oxygen atoms in total. The molecule has 2 aromatic rings. The Hall–Kier alpha value is -1.84. The first-order valence-corrected chi connectivity index (χ1v) is 6.98. The van der Waals surface area contributed by atoms with Crippen molar-refractivity contribution in [2.24, 2.45) is 0 Å². The molecule has 4 heteroatoms. The molecule has 0 saturated heterocycles. The standard InChI is InChI=1S/C15H17N3O/c1-10-8-12-4-2-3-5-13(12)18(10)9-14-16-15(17-19-14)11-6-7-11/h2-5,10-11H,6-9H2,1H3/t10-/m1/s1. The van der Waals surface area contributed by atoms with E-state index in [2.05, 4.69) is 46.2 Å². The van der Waals surface area contributed by atoms with E-state index >= 15 is 0 Å². The molecule has 1 saturated carbocycles. The van der Waals surface area contributed by atoms with Crippen molar-refractivity contribution in [3.8, 4) is 0 Å². The summed E-state index contributed by atoms with van der Waals surface area (Å²) in [5.41, 5.74) is 2.72. The van der Waals surface area contributed by atoms with Crippen LogP contribution in [0, 0.1) is 0 Å². The lowest BCUT2D eigenvalue weighted by atomic mass is 10.1. The first-order valence-electron chi connectivity index (χ1n) is 6.98. The van der Waals surface area contributed by atoms with Crippen LogP contribution >= 0.6 is 0 Å². The van der Waals surface area contributed by atoms with Crippen LogP contribution in [0.15, 0.2) is 28.8 Å². The number of nitrogens with zero attached hydrogens (tertiary/aromatic N) is 3. The van der Waals surface area contributed by atoms with E-state index in [9.17, 15) is 0 Å². The number of anilines is 1. The second kappa shape index (κ2) is 4.08. The number of hydrogen-bond acceptors (Lipinski definition) is 4. The zero-order chi connectivity index (χ0) is 12.8. The van der Waals surface area contributed by atoms with Gasteiger partial charge in [-0.15, -0.1) is 0 Å². The van der Waals surface area contributed by atoms with Gasteiger partial charge in [-0.25, -0.2) is 0 Å². The molecule has 0 unspecified atom stereocenters. The van der Waals surface area contributed by atoms with E-state index in [0.29, 0.717) is 12.0 Å². The van der Waals surface area contributed by atoms with E-state index in [-0.39, 0.29) is 0 Å². The van der Waals surface area contributed by atoms with E-state index in [1.54, 1.807) is 0 Å². The summed E-state index contributed by atoms with van der Waals surface area (Å²) in [4.78, 5) is 6.88. The molecular weight excluding hydrogens is 238 g/mol. The molecule has 0 spiro atoms. The summed E-state index contributed by atoms with van der Waals surface area (Å²) in [6.45, 7) is 2.97. The molecule has 98 valence electrons. The van der Waals surface area contributed by atoms with E-state index < -0.39 is 0 Å². The molecule has 1 aromatic heterocycles. The molecule has 1 atom stereocenters. The highest BCUT2D eigenvalue weighted by atomic mass is 16.5. The fraction of sp³-hybridized carbons (Fsp3) is 0.467. The zero-order valence-corrected chi connectivity index (χ0v) is 11.0. The van der Waals surface area contributed by atoms with Crippen LogP contribution in [0.25, 0.3) is 0 Å². The summed E-state index contributed by atoms with van der Waals surface area (Å²) in [6.07, 6.45) is 3.52. The van der Waals surface area contributed by atoms with E-state index in [0.717, 1.165) is 24.7 Å². The van der Waals surface area contributed by atoms with Gasteiger partial charge >= 0.3 is 0 Å². The third-order valence-electron chi connectivity index (χ3n) is 4.08. The Kier molecular flexibility index (Phi) is 2.37. The molecule has 0 bridgehead atoms. The van der Waals surface area contributed by atoms with Gasteiger partial charge in [-0.1, -0.05) is 23.4 Å². The molecule has 1 aromatic carbocycles. The summed E-state index contributed by atoms with van der Waals surface area (Å²) in [5, 5.41) is 4.09. The smallest absolute Gasteiger partial charge is 0.246 e. The number of para-hydroxylation sites is 1. The van der Waals surface area contributed by atoms with Crippen molar-refractivity contribution in [3.05, 3.63) is 41.5 Å². The monoisotopic (exact) mass is 255 g/mol. The Morgan fingerprint density at radius 2 is 2.16 bits per heavy atom. The third-order valence-corrected chi connectivity index (χ3v) is 4.08. The lowest BCUT2D eigenvalue weighted by Crippen LogP contribution is -2.28. The molecule has 4 rings (SSSR count). The van der Waals surface area contributed by atoms with Gasteiger partial charge in [0.2, 0.25) is 5.89 Å². The highest BCUT2D eigenvalue weighted by Gasteiger charge is 2.30. The van der Waals surface area contributed by atoms with Crippen molar-refractivity contribution >= 4 is 5.69 Å². The van der Waals surface area contributed by atoms with Crippen LogP contribution < -0.4 is 4.90 Å². The minimum absolute atomic E-state index is 0.494. The summed E-state index contributed by atoms with van der Waals surface area (Å²) < 4.78 is 5.39. The van der Waals surface area contributed by atoms with Gasteiger partial charge in [-0.2, -0.15) is 4.98 Å². The summed E-state index contributed by atoms with van der Waals surface area (Å²) in [5.74, 6) is 2.20. The van der Waals surface area contributed by atoms with Crippen LogP contribution in [0.1, 0.15) is 43.0 Å². The molecule has 19 heavy (non-hydrogen) atoms. The molecule has 2 aliphatic rings. The first kappa shape index (κ1) is 11.0. The Morgan fingerprint density at radius 1 is 1.32 bits per heavy atom. The quantitative estimate of drug-likeness (QED) is 0.845. The number of rotatable bonds is 3. The maximum Gasteiger partial charge on any atom is 0.246 e. The molecule has 2 heterocycles. The molecule has 1 aliphatic carbocycles. The van der Waals surface area contributed by atoms with E-state index in [1.165, 1.54) is 24.1 Å². The number of hydrogen-bond donors (Lipinski definition) is 0. The van der Waals surface area contributed by atoms with Gasteiger partial charge in [0.15, 0.2) is 5.82 Å². The minimum Gasteiger partial charge on any atom is -0.359 e. The summed E-state index contributed by atoms with van der Waals surface area (Å²) >= 11 is 0. The van der Waals surface area contributed by atoms with E-state index in [1.807, 2.05) is 0 Å². The topological polar surface area (TPSA) is 42.2 Å². The highest BCUT2D eigenvalue weighted by molar-refractivity contribution is 5.59. The van der Waals surface area contributed by atoms with Crippen LogP contribution in [0.4, 0.5) is 5.69 Å². The third kappa shape index (κ3) is 1.91. The second-order valence-electron chi connectivity index (χ2n) is 5.63. The normalized spacial score (nSPS) is 21.7. The van der Waals surface area contributed by atoms with Gasteiger partial charge in [0, 0.05) is 17.6 Å². The average Bonchev–Trinajstić information content (AvgIpc) is 3.09. The van der Waals surface area contributed by atoms with Crippen molar-refractivity contribution in [1.82, 2.24) is 10.1 Å². The number of benzene rings is 1. The Balaban J connectivity index is 1.58. The summed E-state index contributed by atoms with van der Waals surface area (Å²) in [6, 6.07) is 9.07. The maximum absolute atomic E-state index is 5.39. The maximum atomic E-state index is 5.39. The number of fused-ring (bicyclic) bond motifs is 1. The number of aromatic nitrogens is 2. The molecule has 0 N–H and O–H groups in total. The molecule has 1 fully saturated rings. The lowest BCUT2D eigenvalue weighted by Gasteiger charge is -2.22. The molecule has 1 aliphatic heterocycles. The van der Waals surface area contributed by atoms with Crippen molar-refractivity contribution < 1.29 is 4.52 Å². The van der Waals surface area contributed by atoms with E-state index in [4.69, 9.17) is 4.52 Å². The van der Waals surface area contributed by atoms with Crippen molar-refractivity contribution in [2.75, 3.05) is 4.90 Å². The van der Waals surface area contributed by atoms with Crippen molar-refractivity contribution in [3.63, 3.8) is 0 Å². The van der Waals surface area contributed by atoms with Gasteiger partial charge in [-0.3, -0.25) is 0 Å². The van der Waals surface area contributed by atoms with Crippen molar-refractivity contribution in [2.45, 2.75) is 44.7 Å². The van der Waals surface area contributed by atoms with Gasteiger partial charge in [0.25, 0.3) is 0 Å². The van der Waals surface area contributed by atoms with Crippen LogP contribution in [0.2, 0.25) is 0 Å². The Bertz CT molecular complexity index is 603. The van der Waals surface area contributed by atoms with Gasteiger partial charge < -0.3 is 9.42 Å². The Labute approximate surface area is 112 Å². The largest absolute Gasteiger partial charge is 0.359 e. The fourth-order valence-electron chi connectivity index (χ4n) is 2.86. The van der Waals surface area contributed by atoms with Crippen molar-refractivity contribution in [1.29, 1.82) is 0 Å². The first-order chi connectivity index (χ1) is 9.31. The van der Waals surface area contributed by atoms with Crippen LogP contribution in [-0.2, 0) is 13.0 Å². The van der Waals surface area contributed by atoms with Crippen LogP contribution in [0.3, 0.4) is 0 Å². The second-order valence-corrected chi connectivity index (χ2v) is 5.63. The molecular formula is C15H17N3O. The zero-order valence-electron chi connectivity index (χ0n) is 11.0. The van der Waals surface area contributed by atoms with Gasteiger partial charge in [0.05, 0.1) is 6.54 Å². The van der Waals surface area contributed by atoms with Gasteiger partial charge in [0.1, 0.15) is 0 Å². The average molecular weight is 255 g/mol. The Morgan fingerprint density at radius 3 is 3.00 bits per heavy atom. The van der Waals surface area contributed by atoms with Crippen LogP contribution in [-0.4, -0.2) is 16.2 Å². The molecule has 0 radical (unpaired) electrons. The van der Waals surface area contributed by atoms with Crippen LogP contribution in [0.5, 0.6) is 0 Å². The predicted octanol–water partition coefficient (Wildman–Crippen LogP) is 2.90. The van der Waals surface area contributed by atoms with Gasteiger partial charge in [-0.05, 0) is 37.8 Å². The SMILES string of the molecule is C[C@@H]1Cc2ccccc2N1Cc1nc(C2CC2)no1.